The molecular weight excluding hydrogens is 378 g/mol. The van der Waals surface area contributed by atoms with Gasteiger partial charge in [0, 0.05) is 17.8 Å². The van der Waals surface area contributed by atoms with Crippen LogP contribution in [0.4, 0.5) is 23.2 Å². The van der Waals surface area contributed by atoms with Crippen LogP contribution in [0.25, 0.3) is 0 Å². The van der Waals surface area contributed by atoms with Gasteiger partial charge >= 0.3 is 5.97 Å². The SMILES string of the molecule is Cc1cc(N(CC(=O)OC(C)(C)C)C(=O)c2c(F)cc(F)cc2F)ccc1F. The first-order chi connectivity index (χ1) is 12.9. The third kappa shape index (κ3) is 5.09. The predicted octanol–water partition coefficient (Wildman–Crippen LogP) is 4.54. The van der Waals surface area contributed by atoms with Crippen molar-refractivity contribution in [2.75, 3.05) is 11.4 Å². The average molecular weight is 397 g/mol. The molecule has 0 heterocycles. The van der Waals surface area contributed by atoms with E-state index in [1.807, 2.05) is 0 Å². The van der Waals surface area contributed by atoms with Gasteiger partial charge in [-0.15, -0.1) is 0 Å². The molecule has 0 saturated carbocycles. The summed E-state index contributed by atoms with van der Waals surface area (Å²) < 4.78 is 60.1. The van der Waals surface area contributed by atoms with Crippen molar-refractivity contribution >= 4 is 17.6 Å². The van der Waals surface area contributed by atoms with Crippen LogP contribution in [0.1, 0.15) is 36.7 Å². The molecule has 0 aliphatic carbocycles. The largest absolute Gasteiger partial charge is 0.459 e. The molecule has 1 amide bonds. The summed E-state index contributed by atoms with van der Waals surface area (Å²) in [5.74, 6) is -6.67. The maximum Gasteiger partial charge on any atom is 0.326 e. The molecule has 0 saturated heterocycles. The van der Waals surface area contributed by atoms with Gasteiger partial charge in [-0.1, -0.05) is 0 Å². The molecule has 28 heavy (non-hydrogen) atoms. The molecule has 4 nitrogen and oxygen atoms in total. The highest BCUT2D eigenvalue weighted by Crippen LogP contribution is 2.24. The number of amides is 1. The van der Waals surface area contributed by atoms with Gasteiger partial charge in [0.15, 0.2) is 0 Å². The van der Waals surface area contributed by atoms with E-state index in [9.17, 15) is 27.2 Å². The number of halogens is 4. The van der Waals surface area contributed by atoms with Gasteiger partial charge < -0.3 is 4.74 Å². The Bertz CT molecular complexity index is 899. The average Bonchev–Trinajstić information content (AvgIpc) is 2.52. The topological polar surface area (TPSA) is 46.6 Å². The van der Waals surface area contributed by atoms with Crippen molar-refractivity contribution in [2.45, 2.75) is 33.3 Å². The fourth-order valence-corrected chi connectivity index (χ4v) is 2.46. The van der Waals surface area contributed by atoms with Crippen LogP contribution in [-0.2, 0) is 9.53 Å². The number of esters is 1. The van der Waals surface area contributed by atoms with Crippen molar-refractivity contribution in [3.8, 4) is 0 Å². The second-order valence-electron chi connectivity index (χ2n) is 7.16. The third-order valence-corrected chi connectivity index (χ3v) is 3.63. The molecule has 2 rings (SSSR count). The van der Waals surface area contributed by atoms with Crippen molar-refractivity contribution in [1.82, 2.24) is 0 Å². The molecule has 0 aliphatic heterocycles. The van der Waals surface area contributed by atoms with Gasteiger partial charge in [-0.2, -0.15) is 0 Å². The second kappa shape index (κ2) is 8.00. The lowest BCUT2D eigenvalue weighted by Crippen LogP contribution is -2.39. The van der Waals surface area contributed by atoms with E-state index in [1.54, 1.807) is 20.8 Å². The van der Waals surface area contributed by atoms with Gasteiger partial charge in [-0.3, -0.25) is 14.5 Å². The molecule has 0 aliphatic rings. The Morgan fingerprint density at radius 2 is 1.54 bits per heavy atom. The number of anilines is 1. The zero-order chi connectivity index (χ0) is 21.2. The van der Waals surface area contributed by atoms with Gasteiger partial charge in [0.05, 0.1) is 0 Å². The maximum absolute atomic E-state index is 14.1. The smallest absolute Gasteiger partial charge is 0.326 e. The summed E-state index contributed by atoms with van der Waals surface area (Å²) in [6, 6.07) is 4.20. The molecule has 2 aromatic rings. The highest BCUT2D eigenvalue weighted by atomic mass is 19.1. The Morgan fingerprint density at radius 3 is 2.04 bits per heavy atom. The molecule has 0 radical (unpaired) electrons. The van der Waals surface area contributed by atoms with E-state index in [2.05, 4.69) is 0 Å². The number of aryl methyl sites for hydroxylation is 1. The molecule has 0 N–H and O–H groups in total. The van der Waals surface area contributed by atoms with Crippen LogP contribution in [0.15, 0.2) is 30.3 Å². The molecule has 8 heteroatoms. The van der Waals surface area contributed by atoms with Gasteiger partial charge in [-0.05, 0) is 51.5 Å². The maximum atomic E-state index is 14.1. The lowest BCUT2D eigenvalue weighted by molar-refractivity contribution is -0.152. The fourth-order valence-electron chi connectivity index (χ4n) is 2.46. The Kier molecular flexibility index (Phi) is 6.11. The minimum Gasteiger partial charge on any atom is -0.459 e. The molecule has 150 valence electrons. The van der Waals surface area contributed by atoms with Crippen molar-refractivity contribution in [2.24, 2.45) is 0 Å². The first-order valence-electron chi connectivity index (χ1n) is 8.33. The van der Waals surface area contributed by atoms with Crippen LogP contribution in [0, 0.1) is 30.2 Å². The van der Waals surface area contributed by atoms with Crippen LogP contribution in [-0.4, -0.2) is 24.0 Å². The minimum absolute atomic E-state index is 0.0258. The Balaban J connectivity index is 2.50. The third-order valence-electron chi connectivity index (χ3n) is 3.63. The summed E-state index contributed by atoms with van der Waals surface area (Å²) in [7, 11) is 0. The molecule has 0 unspecified atom stereocenters. The van der Waals surface area contributed by atoms with E-state index >= 15 is 0 Å². The lowest BCUT2D eigenvalue weighted by Gasteiger charge is -2.26. The van der Waals surface area contributed by atoms with E-state index in [1.165, 1.54) is 19.1 Å². The van der Waals surface area contributed by atoms with Gasteiger partial charge in [0.25, 0.3) is 5.91 Å². The van der Waals surface area contributed by atoms with Crippen LogP contribution in [0.3, 0.4) is 0 Å². The molecule has 2 aromatic carbocycles. The number of nitrogens with zero attached hydrogens (tertiary/aromatic N) is 1. The van der Waals surface area contributed by atoms with Gasteiger partial charge in [0.1, 0.15) is 41.0 Å². The Hall–Kier alpha value is -2.90. The molecule has 0 atom stereocenters. The van der Waals surface area contributed by atoms with Crippen LogP contribution in [0.5, 0.6) is 0 Å². The van der Waals surface area contributed by atoms with E-state index in [0.717, 1.165) is 11.0 Å². The monoisotopic (exact) mass is 397 g/mol. The summed E-state index contributed by atoms with van der Waals surface area (Å²) in [6.45, 7) is 5.57. The zero-order valence-electron chi connectivity index (χ0n) is 15.8. The van der Waals surface area contributed by atoms with Crippen LogP contribution < -0.4 is 4.90 Å². The van der Waals surface area contributed by atoms with Crippen molar-refractivity contribution in [1.29, 1.82) is 0 Å². The summed E-state index contributed by atoms with van der Waals surface area (Å²) >= 11 is 0. The van der Waals surface area contributed by atoms with E-state index in [0.29, 0.717) is 12.1 Å². The number of carbonyl (C=O) groups is 2. The quantitative estimate of drug-likeness (QED) is 0.562. The molecule has 0 spiro atoms. The number of carbonyl (C=O) groups excluding carboxylic acids is 2. The first-order valence-corrected chi connectivity index (χ1v) is 8.33. The summed E-state index contributed by atoms with van der Waals surface area (Å²) in [6.07, 6.45) is 0. The van der Waals surface area contributed by atoms with Crippen molar-refractivity contribution < 1.29 is 31.9 Å². The molecular formula is C20H19F4NO3. The number of hydrogen-bond donors (Lipinski definition) is 0. The minimum atomic E-state index is -1.42. The zero-order valence-corrected chi connectivity index (χ0v) is 15.8. The van der Waals surface area contributed by atoms with Crippen LogP contribution in [0.2, 0.25) is 0 Å². The first kappa shape index (κ1) is 21.4. The molecule has 0 bridgehead atoms. The van der Waals surface area contributed by atoms with E-state index in [4.69, 9.17) is 4.74 Å². The number of rotatable bonds is 4. The predicted molar refractivity (Wildman–Crippen MR) is 95.0 cm³/mol. The normalized spacial score (nSPS) is 11.3. The summed E-state index contributed by atoms with van der Waals surface area (Å²) in [4.78, 5) is 25.8. The molecule has 0 aromatic heterocycles. The Labute approximate surface area is 159 Å². The van der Waals surface area contributed by atoms with Crippen molar-refractivity contribution in [3.63, 3.8) is 0 Å². The van der Waals surface area contributed by atoms with E-state index in [-0.39, 0.29) is 11.3 Å². The van der Waals surface area contributed by atoms with Gasteiger partial charge in [-0.25, -0.2) is 17.6 Å². The number of hydrogen-bond acceptors (Lipinski definition) is 3. The lowest BCUT2D eigenvalue weighted by atomic mass is 10.1. The highest BCUT2D eigenvalue weighted by Gasteiger charge is 2.29. The number of ether oxygens (including phenoxy) is 1. The van der Waals surface area contributed by atoms with Crippen LogP contribution >= 0.6 is 0 Å². The Morgan fingerprint density at radius 1 is 0.964 bits per heavy atom. The highest BCUT2D eigenvalue weighted by molar-refractivity contribution is 6.08. The molecule has 0 fully saturated rings. The van der Waals surface area contributed by atoms with Gasteiger partial charge in [0.2, 0.25) is 0 Å². The fraction of sp³-hybridized carbons (Fsp3) is 0.300. The summed E-state index contributed by atoms with van der Waals surface area (Å²) in [5.41, 5.74) is -1.72. The second-order valence-corrected chi connectivity index (χ2v) is 7.16. The van der Waals surface area contributed by atoms with E-state index < -0.39 is 52.9 Å². The summed E-state index contributed by atoms with van der Waals surface area (Å²) in [5, 5.41) is 0. The standard InChI is InChI=1S/C20H19F4NO3/c1-11-7-13(5-6-14(11)22)25(10-17(26)28-20(2,3)4)19(27)18-15(23)8-12(21)9-16(18)24/h5-9H,10H2,1-4H3. The number of benzene rings is 2. The van der Waals surface area contributed by atoms with Crippen molar-refractivity contribution in [3.05, 3.63) is 64.7 Å².